The maximum Gasteiger partial charge on any atom is 0.229 e. The molecule has 164 valence electrons. The van der Waals surface area contributed by atoms with Crippen LogP contribution in [0.1, 0.15) is 31.4 Å². The summed E-state index contributed by atoms with van der Waals surface area (Å²) in [5.74, 6) is -0.793. The molecule has 1 fully saturated rings. The number of carbonyl (C=O) groups is 2. The highest BCUT2D eigenvalue weighted by Gasteiger charge is 2.26. The minimum absolute atomic E-state index is 0. The number of carbonyl (C=O) groups excluding carboxylic acids is 2. The van der Waals surface area contributed by atoms with Gasteiger partial charge < -0.3 is 21.7 Å². The SMILES string of the molecule is CC(C(=O)Nc1ccccc1N1CCC(C(N)=O)CC1)C(N)c1ccccc1.Cl.Cl. The highest BCUT2D eigenvalue weighted by molar-refractivity contribution is 5.96. The van der Waals surface area contributed by atoms with Crippen LogP contribution >= 0.6 is 24.8 Å². The topological polar surface area (TPSA) is 101 Å². The summed E-state index contributed by atoms with van der Waals surface area (Å²) in [5.41, 5.74) is 14.4. The Bertz CT molecular complexity index is 827. The summed E-state index contributed by atoms with van der Waals surface area (Å²) >= 11 is 0. The van der Waals surface area contributed by atoms with Gasteiger partial charge in [-0.05, 0) is 30.5 Å². The van der Waals surface area contributed by atoms with E-state index in [4.69, 9.17) is 11.5 Å². The largest absolute Gasteiger partial charge is 0.370 e. The normalized spacial score (nSPS) is 15.9. The van der Waals surface area contributed by atoms with Crippen molar-refractivity contribution in [3.8, 4) is 0 Å². The third-order valence-corrected chi connectivity index (χ3v) is 5.54. The van der Waals surface area contributed by atoms with Crippen LogP contribution in [0.5, 0.6) is 0 Å². The molecule has 30 heavy (non-hydrogen) atoms. The molecular weight excluding hydrogens is 423 g/mol. The molecule has 2 aromatic rings. The minimum atomic E-state index is -0.379. The molecule has 2 amide bonds. The molecule has 1 saturated heterocycles. The Hall–Kier alpha value is -2.28. The van der Waals surface area contributed by atoms with Gasteiger partial charge >= 0.3 is 0 Å². The molecule has 0 radical (unpaired) electrons. The molecule has 3 rings (SSSR count). The van der Waals surface area contributed by atoms with Gasteiger partial charge in [-0.25, -0.2) is 0 Å². The highest BCUT2D eigenvalue weighted by atomic mass is 35.5. The molecule has 2 atom stereocenters. The number of benzene rings is 2. The van der Waals surface area contributed by atoms with Crippen LogP contribution in [-0.4, -0.2) is 24.9 Å². The Kier molecular flexibility index (Phi) is 10.1. The standard InChI is InChI=1S/C22H28N4O2.2ClH/c1-15(20(23)16-7-3-2-4-8-16)22(28)25-18-9-5-6-10-19(18)26-13-11-17(12-14-26)21(24)27;;/h2-10,15,17,20H,11-14,23H2,1H3,(H2,24,27)(H,25,28);2*1H. The molecule has 8 heteroatoms. The molecule has 2 unspecified atom stereocenters. The van der Waals surface area contributed by atoms with Crippen LogP contribution < -0.4 is 21.7 Å². The number of amides is 2. The molecule has 0 spiro atoms. The van der Waals surface area contributed by atoms with Gasteiger partial charge in [0, 0.05) is 25.0 Å². The number of nitrogens with one attached hydrogen (secondary N) is 1. The predicted octanol–water partition coefficient (Wildman–Crippen LogP) is 3.51. The lowest BCUT2D eigenvalue weighted by Gasteiger charge is -2.33. The van der Waals surface area contributed by atoms with Crippen molar-refractivity contribution >= 4 is 48.0 Å². The number of para-hydroxylation sites is 2. The molecule has 1 heterocycles. The highest BCUT2D eigenvalue weighted by Crippen LogP contribution is 2.31. The van der Waals surface area contributed by atoms with E-state index >= 15 is 0 Å². The maximum atomic E-state index is 12.8. The predicted molar refractivity (Wildman–Crippen MR) is 126 cm³/mol. The van der Waals surface area contributed by atoms with Gasteiger partial charge in [0.15, 0.2) is 0 Å². The first-order valence-corrected chi connectivity index (χ1v) is 9.72. The van der Waals surface area contributed by atoms with Gasteiger partial charge in [0.2, 0.25) is 11.8 Å². The van der Waals surface area contributed by atoms with Crippen LogP contribution in [0.3, 0.4) is 0 Å². The molecule has 1 aliphatic heterocycles. The van der Waals surface area contributed by atoms with Gasteiger partial charge in [0.05, 0.1) is 17.3 Å². The monoisotopic (exact) mass is 452 g/mol. The second-order valence-electron chi connectivity index (χ2n) is 7.40. The zero-order valence-electron chi connectivity index (χ0n) is 17.0. The van der Waals surface area contributed by atoms with Crippen LogP contribution in [0.25, 0.3) is 0 Å². The Morgan fingerprint density at radius 3 is 2.17 bits per heavy atom. The number of rotatable bonds is 6. The quantitative estimate of drug-likeness (QED) is 0.623. The van der Waals surface area contributed by atoms with E-state index in [1.54, 1.807) is 0 Å². The lowest BCUT2D eigenvalue weighted by Crippen LogP contribution is -2.39. The van der Waals surface area contributed by atoms with E-state index in [2.05, 4.69) is 10.2 Å². The van der Waals surface area contributed by atoms with Gasteiger partial charge in [0.25, 0.3) is 0 Å². The zero-order valence-corrected chi connectivity index (χ0v) is 18.6. The summed E-state index contributed by atoms with van der Waals surface area (Å²) in [6.07, 6.45) is 1.46. The summed E-state index contributed by atoms with van der Waals surface area (Å²) < 4.78 is 0. The van der Waals surface area contributed by atoms with Gasteiger partial charge in [-0.3, -0.25) is 9.59 Å². The number of nitrogens with zero attached hydrogens (tertiary/aromatic N) is 1. The average Bonchev–Trinajstić information content (AvgIpc) is 2.73. The fraction of sp³-hybridized carbons (Fsp3) is 0.364. The molecule has 0 bridgehead atoms. The Balaban J connectivity index is 0.00000225. The van der Waals surface area contributed by atoms with Crippen molar-refractivity contribution in [1.29, 1.82) is 0 Å². The van der Waals surface area contributed by atoms with Crippen molar-refractivity contribution in [2.24, 2.45) is 23.3 Å². The van der Waals surface area contributed by atoms with Crippen molar-refractivity contribution < 1.29 is 9.59 Å². The van der Waals surface area contributed by atoms with E-state index in [9.17, 15) is 9.59 Å². The van der Waals surface area contributed by atoms with Crippen molar-refractivity contribution in [3.63, 3.8) is 0 Å². The second-order valence-corrected chi connectivity index (χ2v) is 7.40. The van der Waals surface area contributed by atoms with Crippen molar-refractivity contribution in [3.05, 3.63) is 60.2 Å². The first kappa shape index (κ1) is 25.8. The first-order chi connectivity index (χ1) is 13.5. The summed E-state index contributed by atoms with van der Waals surface area (Å²) in [7, 11) is 0. The van der Waals surface area contributed by atoms with Gasteiger partial charge in [0.1, 0.15) is 0 Å². The van der Waals surface area contributed by atoms with Gasteiger partial charge in [-0.1, -0.05) is 49.4 Å². The van der Waals surface area contributed by atoms with E-state index in [1.807, 2.05) is 61.5 Å². The molecule has 2 aromatic carbocycles. The lowest BCUT2D eigenvalue weighted by atomic mass is 9.94. The number of nitrogens with two attached hydrogens (primary N) is 2. The van der Waals surface area contributed by atoms with Crippen LogP contribution in [0.4, 0.5) is 11.4 Å². The van der Waals surface area contributed by atoms with E-state index in [1.165, 1.54) is 0 Å². The first-order valence-electron chi connectivity index (χ1n) is 9.72. The molecule has 0 aromatic heterocycles. The molecular formula is C22H30Cl2N4O2. The number of hydrogen-bond acceptors (Lipinski definition) is 4. The minimum Gasteiger partial charge on any atom is -0.370 e. The molecule has 5 N–H and O–H groups in total. The number of anilines is 2. The van der Waals surface area contributed by atoms with E-state index < -0.39 is 0 Å². The average molecular weight is 453 g/mol. The molecule has 0 aliphatic carbocycles. The fourth-order valence-corrected chi connectivity index (χ4v) is 3.63. The fourth-order valence-electron chi connectivity index (χ4n) is 3.63. The third kappa shape index (κ3) is 6.11. The molecule has 6 nitrogen and oxygen atoms in total. The number of primary amides is 1. The molecule has 0 saturated carbocycles. The summed E-state index contributed by atoms with van der Waals surface area (Å²) in [6, 6.07) is 17.0. The molecule has 1 aliphatic rings. The lowest BCUT2D eigenvalue weighted by molar-refractivity contribution is -0.122. The van der Waals surface area contributed by atoms with Crippen molar-refractivity contribution in [1.82, 2.24) is 0 Å². The van der Waals surface area contributed by atoms with Crippen LogP contribution in [0.15, 0.2) is 54.6 Å². The van der Waals surface area contributed by atoms with Gasteiger partial charge in [-0.2, -0.15) is 0 Å². The van der Waals surface area contributed by atoms with Crippen molar-refractivity contribution in [2.75, 3.05) is 23.3 Å². The maximum absolute atomic E-state index is 12.8. The number of halogens is 2. The van der Waals surface area contributed by atoms with Gasteiger partial charge in [-0.15, -0.1) is 24.8 Å². The van der Waals surface area contributed by atoms with Crippen molar-refractivity contribution in [2.45, 2.75) is 25.8 Å². The van der Waals surface area contributed by atoms with E-state index in [0.29, 0.717) is 0 Å². The Morgan fingerprint density at radius 2 is 1.57 bits per heavy atom. The Morgan fingerprint density at radius 1 is 1.00 bits per heavy atom. The number of hydrogen-bond donors (Lipinski definition) is 3. The Labute approximate surface area is 190 Å². The summed E-state index contributed by atoms with van der Waals surface area (Å²) in [6.45, 7) is 3.31. The second kappa shape index (κ2) is 11.8. The smallest absolute Gasteiger partial charge is 0.229 e. The van der Waals surface area contributed by atoms with Crippen LogP contribution in [-0.2, 0) is 9.59 Å². The summed E-state index contributed by atoms with van der Waals surface area (Å²) in [4.78, 5) is 26.4. The number of piperidine rings is 1. The summed E-state index contributed by atoms with van der Waals surface area (Å²) in [5, 5.41) is 3.04. The van der Waals surface area contributed by atoms with Crippen LogP contribution in [0, 0.1) is 11.8 Å². The van der Waals surface area contributed by atoms with Crippen LogP contribution in [0.2, 0.25) is 0 Å². The van der Waals surface area contributed by atoms with E-state index in [0.717, 1.165) is 42.9 Å². The zero-order chi connectivity index (χ0) is 20.1. The third-order valence-electron chi connectivity index (χ3n) is 5.54. The van der Waals surface area contributed by atoms with E-state index in [-0.39, 0.29) is 54.5 Å².